The van der Waals surface area contributed by atoms with E-state index in [1.165, 1.54) is 5.56 Å². The van der Waals surface area contributed by atoms with E-state index in [9.17, 15) is 14.7 Å². The number of benzene rings is 1. The van der Waals surface area contributed by atoms with Crippen molar-refractivity contribution in [3.63, 3.8) is 0 Å². The number of piperidine rings is 1. The molecule has 2 aliphatic heterocycles. The maximum atomic E-state index is 12.9. The van der Waals surface area contributed by atoms with Gasteiger partial charge in [0.25, 0.3) is 5.91 Å². The lowest BCUT2D eigenvalue weighted by Crippen LogP contribution is -2.76. The predicted octanol–water partition coefficient (Wildman–Crippen LogP) is 1.01. The van der Waals surface area contributed by atoms with Crippen LogP contribution in [0.1, 0.15) is 43.2 Å². The third-order valence-electron chi connectivity index (χ3n) is 8.49. The number of likely N-dealkylation sites (tertiary alicyclic amines) is 1. The molecule has 8 heteroatoms. The quantitative estimate of drug-likeness (QED) is 0.590. The second-order valence-electron chi connectivity index (χ2n) is 10.4. The summed E-state index contributed by atoms with van der Waals surface area (Å²) < 4.78 is 5.53. The molecule has 5 rings (SSSR count). The van der Waals surface area contributed by atoms with Gasteiger partial charge < -0.3 is 20.1 Å². The van der Waals surface area contributed by atoms with Gasteiger partial charge in [-0.05, 0) is 95.5 Å². The first-order valence-electron chi connectivity index (χ1n) is 11.7. The number of aliphatic hydroxyl groups is 1. The van der Waals surface area contributed by atoms with Gasteiger partial charge in [-0.1, -0.05) is 6.07 Å². The molecular weight excluding hydrogens is 408 g/mol. The summed E-state index contributed by atoms with van der Waals surface area (Å²) >= 11 is 0. The smallest absolute Gasteiger partial charge is 0.322 e. The zero-order chi connectivity index (χ0) is 22.7. The van der Waals surface area contributed by atoms with Crippen molar-refractivity contribution in [2.24, 2.45) is 0 Å². The number of methoxy groups -OCH3 is 1. The molecule has 1 saturated carbocycles. The van der Waals surface area contributed by atoms with E-state index in [1.54, 1.807) is 7.11 Å². The molecule has 2 saturated heterocycles. The summed E-state index contributed by atoms with van der Waals surface area (Å²) in [6, 6.07) is 5.70. The van der Waals surface area contributed by atoms with Gasteiger partial charge in [-0.3, -0.25) is 15.0 Å². The molecule has 3 N–H and O–H groups in total. The fraction of sp³-hybridized carbons (Fsp3) is 0.667. The number of carbonyl (C=O) groups is 2. The molecule has 8 nitrogen and oxygen atoms in total. The van der Waals surface area contributed by atoms with Crippen LogP contribution in [-0.2, 0) is 16.6 Å². The fourth-order valence-electron chi connectivity index (χ4n) is 6.94. The Balaban J connectivity index is 1.58. The second-order valence-corrected chi connectivity index (χ2v) is 10.4. The van der Waals surface area contributed by atoms with Gasteiger partial charge in [-0.15, -0.1) is 0 Å². The predicted molar refractivity (Wildman–Crippen MR) is 120 cm³/mol. The van der Waals surface area contributed by atoms with Crippen LogP contribution < -0.4 is 15.4 Å². The second kappa shape index (κ2) is 7.43. The van der Waals surface area contributed by atoms with Crippen LogP contribution >= 0.6 is 0 Å². The molecule has 0 aromatic heterocycles. The van der Waals surface area contributed by atoms with Crippen LogP contribution in [0, 0.1) is 0 Å². The Bertz CT molecular complexity index is 952. The van der Waals surface area contributed by atoms with Crippen molar-refractivity contribution in [2.45, 2.75) is 61.1 Å². The Labute approximate surface area is 189 Å². The molecule has 3 fully saturated rings. The Morgan fingerprint density at radius 2 is 2.06 bits per heavy atom. The highest BCUT2D eigenvalue weighted by Crippen LogP contribution is 2.60. The van der Waals surface area contributed by atoms with Crippen LogP contribution in [0.25, 0.3) is 0 Å². The van der Waals surface area contributed by atoms with E-state index in [-0.39, 0.29) is 11.9 Å². The summed E-state index contributed by atoms with van der Waals surface area (Å²) in [5, 5.41) is 17.8. The number of imide groups is 1. The van der Waals surface area contributed by atoms with E-state index < -0.39 is 22.6 Å². The summed E-state index contributed by atoms with van der Waals surface area (Å²) in [5.41, 5.74) is -0.234. The molecule has 1 aromatic rings. The number of urea groups is 1. The molecule has 4 aliphatic rings. The molecule has 2 aliphatic carbocycles. The van der Waals surface area contributed by atoms with Crippen LogP contribution in [-0.4, -0.2) is 84.9 Å². The normalized spacial score (nSPS) is 36.0. The summed E-state index contributed by atoms with van der Waals surface area (Å²) in [6.07, 6.45) is 3.91. The Morgan fingerprint density at radius 3 is 2.75 bits per heavy atom. The van der Waals surface area contributed by atoms with Gasteiger partial charge in [-0.2, -0.15) is 0 Å². The third kappa shape index (κ3) is 2.99. The maximum absolute atomic E-state index is 12.9. The van der Waals surface area contributed by atoms with Crippen LogP contribution in [0.15, 0.2) is 18.2 Å². The van der Waals surface area contributed by atoms with Crippen molar-refractivity contribution in [3.8, 4) is 5.75 Å². The molecule has 1 spiro atoms. The molecule has 3 amide bonds. The van der Waals surface area contributed by atoms with Gasteiger partial charge in [0.2, 0.25) is 0 Å². The van der Waals surface area contributed by atoms with Gasteiger partial charge in [0.1, 0.15) is 11.3 Å². The van der Waals surface area contributed by atoms with E-state index in [0.29, 0.717) is 19.3 Å². The minimum atomic E-state index is -0.960. The standard InChI is InChI=1S/C24H34N4O4/c1-27(2)10-4-11-28-12-9-22-15-23(20(29)25-21(30)26-23)7-8-24(22,31)19(28)13-16-5-6-17(32-3)14-18(16)22/h5-6,14,19,31H,4,7-13,15H2,1-3H3,(H2,25,26,29,30)/t19-,22-,23+,24-/m1/s1. The molecule has 4 atom stereocenters. The van der Waals surface area contributed by atoms with Gasteiger partial charge in [0.05, 0.1) is 12.7 Å². The first-order chi connectivity index (χ1) is 15.2. The third-order valence-corrected chi connectivity index (χ3v) is 8.49. The number of ether oxygens (including phenoxy) is 1. The van der Waals surface area contributed by atoms with E-state index in [4.69, 9.17) is 4.74 Å². The van der Waals surface area contributed by atoms with Crippen molar-refractivity contribution in [1.29, 1.82) is 0 Å². The van der Waals surface area contributed by atoms with Crippen molar-refractivity contribution in [2.75, 3.05) is 40.8 Å². The van der Waals surface area contributed by atoms with Crippen molar-refractivity contribution < 1.29 is 19.4 Å². The van der Waals surface area contributed by atoms with Gasteiger partial charge in [0, 0.05) is 11.5 Å². The van der Waals surface area contributed by atoms with Crippen molar-refractivity contribution in [1.82, 2.24) is 20.4 Å². The monoisotopic (exact) mass is 442 g/mol. The zero-order valence-electron chi connectivity index (χ0n) is 19.2. The van der Waals surface area contributed by atoms with Gasteiger partial charge in [-0.25, -0.2) is 4.79 Å². The summed E-state index contributed by atoms with van der Waals surface area (Å²) in [7, 11) is 5.82. The SMILES string of the molecule is COc1ccc2c(c1)[C@]13CCN(CCCN(C)C)[C@H](C2)[C@]1(O)CC[C@@]1(C3)NC(=O)NC1=O. The number of hydrogen-bond donors (Lipinski definition) is 3. The first-order valence-corrected chi connectivity index (χ1v) is 11.7. The average molecular weight is 443 g/mol. The molecular formula is C24H34N4O4. The molecule has 174 valence electrons. The Morgan fingerprint density at radius 1 is 1.25 bits per heavy atom. The highest BCUT2D eigenvalue weighted by molar-refractivity contribution is 6.07. The highest BCUT2D eigenvalue weighted by atomic mass is 16.5. The number of hydrogen-bond acceptors (Lipinski definition) is 6. The number of amides is 3. The molecule has 32 heavy (non-hydrogen) atoms. The minimum absolute atomic E-state index is 0.00294. The van der Waals surface area contributed by atoms with E-state index >= 15 is 0 Å². The Kier molecular flexibility index (Phi) is 5.03. The topological polar surface area (TPSA) is 94.1 Å². The van der Waals surface area contributed by atoms with Crippen molar-refractivity contribution in [3.05, 3.63) is 29.3 Å². The van der Waals surface area contributed by atoms with Crippen LogP contribution in [0.2, 0.25) is 0 Å². The summed E-state index contributed by atoms with van der Waals surface area (Å²) in [6.45, 7) is 2.81. The summed E-state index contributed by atoms with van der Waals surface area (Å²) in [5.74, 6) is 0.491. The molecule has 1 aromatic carbocycles. The molecule has 0 radical (unpaired) electrons. The fourth-order valence-corrected chi connectivity index (χ4v) is 6.94. The summed E-state index contributed by atoms with van der Waals surface area (Å²) in [4.78, 5) is 29.6. The number of fused-ring (bicyclic) bond motifs is 1. The lowest BCUT2D eigenvalue weighted by atomic mass is 9.46. The van der Waals surface area contributed by atoms with Crippen LogP contribution in [0.3, 0.4) is 0 Å². The minimum Gasteiger partial charge on any atom is -0.497 e. The van der Waals surface area contributed by atoms with E-state index in [2.05, 4.69) is 40.6 Å². The molecule has 2 heterocycles. The van der Waals surface area contributed by atoms with Crippen LogP contribution in [0.4, 0.5) is 4.79 Å². The lowest BCUT2D eigenvalue weighted by molar-refractivity contribution is -0.180. The maximum Gasteiger partial charge on any atom is 0.322 e. The molecule has 2 bridgehead atoms. The van der Waals surface area contributed by atoms with Gasteiger partial charge in [0.15, 0.2) is 0 Å². The highest BCUT2D eigenvalue weighted by Gasteiger charge is 2.69. The lowest BCUT2D eigenvalue weighted by Gasteiger charge is -2.65. The number of carbonyl (C=O) groups excluding carboxylic acids is 2. The molecule has 0 unspecified atom stereocenters. The average Bonchev–Trinajstić information content (AvgIpc) is 3.02. The van der Waals surface area contributed by atoms with Gasteiger partial charge >= 0.3 is 6.03 Å². The Hall–Kier alpha value is -2.16. The number of nitrogens with zero attached hydrogens (tertiary/aromatic N) is 2. The van der Waals surface area contributed by atoms with Crippen molar-refractivity contribution >= 4 is 11.9 Å². The first kappa shape index (κ1) is 21.7. The van der Waals surface area contributed by atoms with E-state index in [1.807, 2.05) is 12.1 Å². The zero-order valence-corrected chi connectivity index (χ0v) is 19.2. The van der Waals surface area contributed by atoms with E-state index in [0.717, 1.165) is 50.2 Å². The number of rotatable bonds is 5. The largest absolute Gasteiger partial charge is 0.497 e. The number of nitrogens with one attached hydrogen (secondary N) is 2. The van der Waals surface area contributed by atoms with Crippen LogP contribution in [0.5, 0.6) is 5.75 Å².